The molecule has 0 N–H and O–H groups in total. The first kappa shape index (κ1) is 17.9. The molecule has 0 aliphatic heterocycles. The van der Waals surface area contributed by atoms with E-state index in [2.05, 4.69) is 0 Å². The van der Waals surface area contributed by atoms with Crippen molar-refractivity contribution in [1.29, 1.82) is 0 Å². The van der Waals surface area contributed by atoms with Crippen molar-refractivity contribution in [1.82, 2.24) is 0 Å². The Hall–Kier alpha value is -1.06. The number of carbonyl (C=O) groups excluding carboxylic acids is 2. The molecule has 0 saturated carbocycles. The second-order valence-electron chi connectivity index (χ2n) is 1.64. The van der Waals surface area contributed by atoms with Gasteiger partial charge in [0.25, 0.3) is 0 Å². The number of hydrogen-bond donors (Lipinski definition) is 0. The minimum Gasteiger partial charge on any atom is -0.545 e. The van der Waals surface area contributed by atoms with E-state index in [1.54, 1.807) is 13.8 Å². The molecule has 0 spiro atoms. The Kier molecular flexibility index (Phi) is 18.6. The number of carboxylic acid groups (broad SMARTS) is 2. The van der Waals surface area contributed by atoms with E-state index in [9.17, 15) is 19.8 Å². The summed E-state index contributed by atoms with van der Waals surface area (Å²) in [6.45, 7) is 3.24. The van der Waals surface area contributed by atoms with Gasteiger partial charge in [0.1, 0.15) is 0 Å². The van der Waals surface area contributed by atoms with Gasteiger partial charge < -0.3 is 19.8 Å². The Bertz CT molecular complexity index is 174. The Labute approximate surface area is 87.4 Å². The van der Waals surface area contributed by atoms with Crippen LogP contribution in [-0.4, -0.2) is 11.9 Å². The van der Waals surface area contributed by atoms with Crippen LogP contribution in [0, 0.1) is 0 Å². The standard InChI is InChI=1S/2C4H6O2.Cu/c2*1-2-3-4(5)6;/h2*2-3H,1H3,(H,5,6);/q;;+2/p-2. The Morgan fingerprint density at radius 2 is 1.15 bits per heavy atom. The third-order valence-electron chi connectivity index (χ3n) is 0.605. The average Bonchev–Trinajstić information content (AvgIpc) is 1.87. The van der Waals surface area contributed by atoms with Crippen molar-refractivity contribution in [3.8, 4) is 0 Å². The molecule has 13 heavy (non-hydrogen) atoms. The first-order valence-corrected chi connectivity index (χ1v) is 3.22. The maximum atomic E-state index is 9.40. The summed E-state index contributed by atoms with van der Waals surface area (Å²) in [6, 6.07) is 0. The molecule has 0 heterocycles. The molecule has 0 atom stereocenters. The molecule has 1 radical (unpaired) electrons. The van der Waals surface area contributed by atoms with Gasteiger partial charge in [0.2, 0.25) is 0 Å². The second kappa shape index (κ2) is 13.5. The van der Waals surface area contributed by atoms with Crippen LogP contribution in [0.1, 0.15) is 13.8 Å². The van der Waals surface area contributed by atoms with Crippen molar-refractivity contribution >= 4 is 11.9 Å². The summed E-state index contributed by atoms with van der Waals surface area (Å²) in [5, 5.41) is 18.8. The molecule has 0 aromatic heterocycles. The number of carbonyl (C=O) groups is 2. The van der Waals surface area contributed by atoms with Crippen LogP contribution in [0.15, 0.2) is 24.3 Å². The van der Waals surface area contributed by atoms with Crippen molar-refractivity contribution in [2.75, 3.05) is 0 Å². The molecular formula is C8H10CuO4. The van der Waals surface area contributed by atoms with E-state index in [1.165, 1.54) is 12.2 Å². The van der Waals surface area contributed by atoms with Crippen LogP contribution in [0.5, 0.6) is 0 Å². The van der Waals surface area contributed by atoms with Gasteiger partial charge in [0.15, 0.2) is 0 Å². The van der Waals surface area contributed by atoms with Crippen molar-refractivity contribution in [2.45, 2.75) is 13.8 Å². The molecule has 0 aromatic rings. The fourth-order valence-electron chi connectivity index (χ4n) is 0.272. The molecule has 77 valence electrons. The second-order valence-corrected chi connectivity index (χ2v) is 1.64. The molecule has 0 aliphatic rings. The third kappa shape index (κ3) is 35.8. The summed E-state index contributed by atoms with van der Waals surface area (Å²) in [7, 11) is 0. The van der Waals surface area contributed by atoms with Crippen LogP contribution in [-0.2, 0) is 26.7 Å². The van der Waals surface area contributed by atoms with Gasteiger partial charge in [-0.1, -0.05) is 12.2 Å². The van der Waals surface area contributed by atoms with Crippen molar-refractivity contribution in [3.63, 3.8) is 0 Å². The van der Waals surface area contributed by atoms with Gasteiger partial charge in [-0.25, -0.2) is 0 Å². The van der Waals surface area contributed by atoms with Crippen LogP contribution in [0.2, 0.25) is 0 Å². The summed E-state index contributed by atoms with van der Waals surface area (Å²) in [5.41, 5.74) is 0. The molecular weight excluding hydrogens is 224 g/mol. The number of carboxylic acids is 2. The molecule has 0 bridgehead atoms. The molecule has 0 amide bonds. The van der Waals surface area contributed by atoms with Crippen LogP contribution in [0.3, 0.4) is 0 Å². The van der Waals surface area contributed by atoms with Gasteiger partial charge in [-0.3, -0.25) is 0 Å². The molecule has 0 rings (SSSR count). The summed E-state index contributed by atoms with van der Waals surface area (Å²) in [5.74, 6) is -2.28. The van der Waals surface area contributed by atoms with Gasteiger partial charge in [-0.2, -0.15) is 0 Å². The number of allylic oxidation sites excluding steroid dienone is 2. The van der Waals surface area contributed by atoms with E-state index in [4.69, 9.17) is 0 Å². The summed E-state index contributed by atoms with van der Waals surface area (Å²) in [4.78, 5) is 18.8. The Balaban J connectivity index is -0.000000143. The zero-order chi connectivity index (χ0) is 9.98. The topological polar surface area (TPSA) is 80.3 Å². The molecule has 0 aromatic carbocycles. The molecule has 5 heteroatoms. The smallest absolute Gasteiger partial charge is 0.545 e. The maximum absolute atomic E-state index is 9.40. The first-order chi connectivity index (χ1) is 5.54. The van der Waals surface area contributed by atoms with Gasteiger partial charge in [0.05, 0.1) is 11.9 Å². The first-order valence-electron chi connectivity index (χ1n) is 3.22. The van der Waals surface area contributed by atoms with E-state index in [1.807, 2.05) is 0 Å². The minimum atomic E-state index is -1.14. The minimum absolute atomic E-state index is 0. The fraction of sp³-hybridized carbons (Fsp3) is 0.250. The van der Waals surface area contributed by atoms with E-state index < -0.39 is 11.9 Å². The summed E-state index contributed by atoms with van der Waals surface area (Å²) in [6.07, 6.45) is 4.77. The summed E-state index contributed by atoms with van der Waals surface area (Å²) >= 11 is 0. The largest absolute Gasteiger partial charge is 2.00 e. The van der Waals surface area contributed by atoms with Crippen LogP contribution < -0.4 is 10.2 Å². The number of hydrogen-bond acceptors (Lipinski definition) is 4. The van der Waals surface area contributed by atoms with Crippen molar-refractivity contribution < 1.29 is 36.9 Å². The maximum Gasteiger partial charge on any atom is 2.00 e. The fourth-order valence-corrected chi connectivity index (χ4v) is 0.272. The summed E-state index contributed by atoms with van der Waals surface area (Å²) < 4.78 is 0. The molecule has 4 nitrogen and oxygen atoms in total. The zero-order valence-electron chi connectivity index (χ0n) is 7.24. The number of rotatable bonds is 2. The van der Waals surface area contributed by atoms with E-state index in [-0.39, 0.29) is 17.1 Å². The predicted octanol–water partition coefficient (Wildman–Crippen LogP) is -1.38. The van der Waals surface area contributed by atoms with Crippen LogP contribution >= 0.6 is 0 Å². The van der Waals surface area contributed by atoms with E-state index in [0.29, 0.717) is 0 Å². The average molecular weight is 234 g/mol. The van der Waals surface area contributed by atoms with E-state index in [0.717, 1.165) is 12.2 Å². The van der Waals surface area contributed by atoms with Gasteiger partial charge >= 0.3 is 17.1 Å². The van der Waals surface area contributed by atoms with Gasteiger partial charge in [-0.15, -0.1) is 0 Å². The van der Waals surface area contributed by atoms with Gasteiger partial charge in [-0.05, 0) is 26.0 Å². The molecule has 0 aliphatic carbocycles. The van der Waals surface area contributed by atoms with Crippen LogP contribution in [0.25, 0.3) is 0 Å². The predicted molar refractivity (Wildman–Crippen MR) is 39.6 cm³/mol. The SMILES string of the molecule is CC=CC(=O)[O-].CC=CC(=O)[O-].[Cu+2]. The number of aliphatic carboxylic acids is 2. The monoisotopic (exact) mass is 233 g/mol. The molecule has 0 saturated heterocycles. The zero-order valence-corrected chi connectivity index (χ0v) is 8.19. The van der Waals surface area contributed by atoms with Crippen LogP contribution in [0.4, 0.5) is 0 Å². The third-order valence-corrected chi connectivity index (χ3v) is 0.605. The van der Waals surface area contributed by atoms with E-state index >= 15 is 0 Å². The van der Waals surface area contributed by atoms with Gasteiger partial charge in [0, 0.05) is 0 Å². The Morgan fingerprint density at radius 3 is 1.15 bits per heavy atom. The van der Waals surface area contributed by atoms with Crippen molar-refractivity contribution in [3.05, 3.63) is 24.3 Å². The normalized spacial score (nSPS) is 8.77. The molecule has 0 unspecified atom stereocenters. The quantitative estimate of drug-likeness (QED) is 0.435. The Morgan fingerprint density at radius 1 is 0.923 bits per heavy atom. The molecule has 0 fully saturated rings. The van der Waals surface area contributed by atoms with Crippen molar-refractivity contribution in [2.24, 2.45) is 0 Å².